The van der Waals surface area contributed by atoms with Gasteiger partial charge in [-0.15, -0.1) is 0 Å². The molecule has 0 aliphatic carbocycles. The Labute approximate surface area is 133 Å². The Morgan fingerprint density at radius 2 is 1.78 bits per heavy atom. The molecular formula is C17H17NO5. The van der Waals surface area contributed by atoms with Gasteiger partial charge in [0.05, 0.1) is 25.7 Å². The lowest BCUT2D eigenvalue weighted by atomic mass is 10.2. The topological polar surface area (TPSA) is 84.9 Å². The average Bonchev–Trinajstić information content (AvgIpc) is 2.56. The molecule has 120 valence electrons. The second kappa shape index (κ2) is 7.84. The van der Waals surface area contributed by atoms with Crippen molar-refractivity contribution in [1.82, 2.24) is 0 Å². The third-order valence-corrected chi connectivity index (χ3v) is 3.05. The number of rotatable bonds is 7. The van der Waals surface area contributed by atoms with E-state index in [0.29, 0.717) is 22.7 Å². The van der Waals surface area contributed by atoms with Crippen molar-refractivity contribution >= 4 is 17.6 Å². The van der Waals surface area contributed by atoms with Gasteiger partial charge in [0, 0.05) is 5.69 Å². The molecule has 0 aliphatic rings. The van der Waals surface area contributed by atoms with Crippen molar-refractivity contribution in [2.45, 2.75) is 6.42 Å². The molecule has 2 aromatic carbocycles. The summed E-state index contributed by atoms with van der Waals surface area (Å²) in [6.45, 7) is 0.0995. The fourth-order valence-electron chi connectivity index (χ4n) is 1.92. The highest BCUT2D eigenvalue weighted by Crippen LogP contribution is 2.20. The molecule has 2 N–H and O–H groups in total. The third-order valence-electron chi connectivity index (χ3n) is 3.05. The van der Waals surface area contributed by atoms with E-state index in [9.17, 15) is 9.59 Å². The Morgan fingerprint density at radius 3 is 2.43 bits per heavy atom. The number of para-hydroxylation sites is 1. The molecule has 23 heavy (non-hydrogen) atoms. The van der Waals surface area contributed by atoms with Crippen molar-refractivity contribution in [1.29, 1.82) is 0 Å². The van der Waals surface area contributed by atoms with E-state index in [-0.39, 0.29) is 18.9 Å². The Kier molecular flexibility index (Phi) is 5.57. The van der Waals surface area contributed by atoms with E-state index in [1.807, 2.05) is 0 Å². The Hall–Kier alpha value is -3.02. The Bertz CT molecular complexity index is 682. The molecule has 0 bridgehead atoms. The standard InChI is InChI=1S/C17H17NO5/c1-22-15-5-3-2-4-14(15)17(21)18-12-6-8-13(9-7-12)23-11-10-16(19)20/h2-9H,10-11H2,1H3,(H,18,21)(H,19,20). The molecule has 0 saturated heterocycles. The zero-order chi connectivity index (χ0) is 16.7. The number of benzene rings is 2. The SMILES string of the molecule is COc1ccccc1C(=O)Nc1ccc(OCCC(=O)O)cc1. The number of hydrogen-bond donors (Lipinski definition) is 2. The van der Waals surface area contributed by atoms with Gasteiger partial charge < -0.3 is 19.9 Å². The first kappa shape index (κ1) is 16.4. The lowest BCUT2D eigenvalue weighted by Crippen LogP contribution is -2.13. The first-order chi connectivity index (χ1) is 11.1. The normalized spacial score (nSPS) is 9.96. The van der Waals surface area contributed by atoms with Crippen LogP contribution in [-0.2, 0) is 4.79 Å². The van der Waals surface area contributed by atoms with Gasteiger partial charge in [-0.05, 0) is 36.4 Å². The second-order valence-corrected chi connectivity index (χ2v) is 4.67. The van der Waals surface area contributed by atoms with E-state index >= 15 is 0 Å². The molecule has 6 heteroatoms. The van der Waals surface area contributed by atoms with Crippen LogP contribution in [0.5, 0.6) is 11.5 Å². The van der Waals surface area contributed by atoms with Gasteiger partial charge in [-0.25, -0.2) is 0 Å². The van der Waals surface area contributed by atoms with E-state index in [1.54, 1.807) is 48.5 Å². The van der Waals surface area contributed by atoms with Crippen LogP contribution in [0, 0.1) is 0 Å². The van der Waals surface area contributed by atoms with Crippen LogP contribution in [0.25, 0.3) is 0 Å². The van der Waals surface area contributed by atoms with E-state index in [0.717, 1.165) is 0 Å². The lowest BCUT2D eigenvalue weighted by molar-refractivity contribution is -0.137. The van der Waals surface area contributed by atoms with Crippen LogP contribution in [0.2, 0.25) is 0 Å². The first-order valence-corrected chi connectivity index (χ1v) is 6.99. The number of aliphatic carboxylic acids is 1. The molecule has 0 fully saturated rings. The number of nitrogens with one attached hydrogen (secondary N) is 1. The summed E-state index contributed by atoms with van der Waals surface area (Å²) in [4.78, 5) is 22.7. The molecule has 0 radical (unpaired) electrons. The molecule has 1 amide bonds. The summed E-state index contributed by atoms with van der Waals surface area (Å²) >= 11 is 0. The predicted molar refractivity (Wildman–Crippen MR) is 85.1 cm³/mol. The summed E-state index contributed by atoms with van der Waals surface area (Å²) in [6.07, 6.45) is -0.0632. The number of ether oxygens (including phenoxy) is 2. The van der Waals surface area contributed by atoms with Gasteiger partial charge in [0.1, 0.15) is 11.5 Å². The number of carboxylic acid groups (broad SMARTS) is 1. The highest BCUT2D eigenvalue weighted by molar-refractivity contribution is 6.06. The van der Waals surface area contributed by atoms with Crippen LogP contribution in [0.4, 0.5) is 5.69 Å². The molecule has 0 saturated carbocycles. The third kappa shape index (κ3) is 4.74. The van der Waals surface area contributed by atoms with Gasteiger partial charge in [-0.1, -0.05) is 12.1 Å². The smallest absolute Gasteiger partial charge is 0.306 e. The average molecular weight is 315 g/mol. The van der Waals surface area contributed by atoms with E-state index in [4.69, 9.17) is 14.6 Å². The second-order valence-electron chi connectivity index (χ2n) is 4.67. The minimum Gasteiger partial charge on any atom is -0.496 e. The molecule has 2 rings (SSSR count). The van der Waals surface area contributed by atoms with Crippen molar-refractivity contribution in [2.75, 3.05) is 19.0 Å². The molecule has 0 unspecified atom stereocenters. The number of anilines is 1. The highest BCUT2D eigenvalue weighted by atomic mass is 16.5. The maximum absolute atomic E-state index is 12.2. The number of carboxylic acids is 1. The molecule has 0 spiro atoms. The summed E-state index contributed by atoms with van der Waals surface area (Å²) in [5.41, 5.74) is 1.04. The van der Waals surface area contributed by atoms with E-state index in [1.165, 1.54) is 7.11 Å². The molecule has 0 aromatic heterocycles. The van der Waals surface area contributed by atoms with Crippen molar-refractivity contribution in [2.24, 2.45) is 0 Å². The first-order valence-electron chi connectivity index (χ1n) is 6.99. The van der Waals surface area contributed by atoms with Gasteiger partial charge in [0.2, 0.25) is 0 Å². The molecule has 2 aromatic rings. The summed E-state index contributed by atoms with van der Waals surface area (Å²) in [7, 11) is 1.51. The van der Waals surface area contributed by atoms with Crippen LogP contribution in [-0.4, -0.2) is 30.7 Å². The predicted octanol–water partition coefficient (Wildman–Crippen LogP) is 2.80. The zero-order valence-corrected chi connectivity index (χ0v) is 12.6. The van der Waals surface area contributed by atoms with E-state index < -0.39 is 5.97 Å². The van der Waals surface area contributed by atoms with Gasteiger partial charge >= 0.3 is 5.97 Å². The van der Waals surface area contributed by atoms with Crippen molar-refractivity contribution in [3.05, 3.63) is 54.1 Å². The van der Waals surface area contributed by atoms with Crippen molar-refractivity contribution in [3.63, 3.8) is 0 Å². The van der Waals surface area contributed by atoms with Crippen LogP contribution >= 0.6 is 0 Å². The summed E-state index contributed by atoms with van der Waals surface area (Å²) in [5, 5.41) is 11.3. The molecule has 0 aliphatic heterocycles. The summed E-state index contributed by atoms with van der Waals surface area (Å²) in [5.74, 6) is -0.146. The monoisotopic (exact) mass is 315 g/mol. The van der Waals surface area contributed by atoms with Gasteiger partial charge in [0.15, 0.2) is 0 Å². The fraction of sp³-hybridized carbons (Fsp3) is 0.176. The quantitative estimate of drug-likeness (QED) is 0.820. The van der Waals surface area contributed by atoms with Gasteiger partial charge in [-0.2, -0.15) is 0 Å². The largest absolute Gasteiger partial charge is 0.496 e. The molecule has 6 nitrogen and oxygen atoms in total. The van der Waals surface area contributed by atoms with Crippen LogP contribution < -0.4 is 14.8 Å². The van der Waals surface area contributed by atoms with E-state index in [2.05, 4.69) is 5.32 Å². The molecular weight excluding hydrogens is 298 g/mol. The molecule has 0 atom stereocenters. The number of carbonyl (C=O) groups is 2. The Morgan fingerprint density at radius 1 is 1.09 bits per heavy atom. The lowest BCUT2D eigenvalue weighted by Gasteiger charge is -2.10. The Balaban J connectivity index is 1.97. The summed E-state index contributed by atoms with van der Waals surface area (Å²) < 4.78 is 10.4. The maximum atomic E-state index is 12.2. The summed E-state index contributed by atoms with van der Waals surface area (Å²) in [6, 6.07) is 13.6. The minimum atomic E-state index is -0.911. The van der Waals surface area contributed by atoms with Gasteiger partial charge in [-0.3, -0.25) is 9.59 Å². The van der Waals surface area contributed by atoms with Crippen LogP contribution in [0.1, 0.15) is 16.8 Å². The number of carbonyl (C=O) groups excluding carboxylic acids is 1. The molecule has 0 heterocycles. The maximum Gasteiger partial charge on any atom is 0.306 e. The van der Waals surface area contributed by atoms with Crippen molar-refractivity contribution < 1.29 is 24.2 Å². The number of hydrogen-bond acceptors (Lipinski definition) is 4. The fourth-order valence-corrected chi connectivity index (χ4v) is 1.92. The number of amides is 1. The van der Waals surface area contributed by atoms with Crippen LogP contribution in [0.15, 0.2) is 48.5 Å². The van der Waals surface area contributed by atoms with Crippen LogP contribution in [0.3, 0.4) is 0 Å². The zero-order valence-electron chi connectivity index (χ0n) is 12.6. The van der Waals surface area contributed by atoms with Crippen molar-refractivity contribution in [3.8, 4) is 11.5 Å². The highest BCUT2D eigenvalue weighted by Gasteiger charge is 2.11. The number of methoxy groups -OCH3 is 1. The van der Waals surface area contributed by atoms with Gasteiger partial charge in [0.25, 0.3) is 5.91 Å². The minimum absolute atomic E-state index is 0.0632.